The maximum atomic E-state index is 9.01. The average Bonchev–Trinajstić information content (AvgIpc) is 2.65. The third-order valence-electron chi connectivity index (χ3n) is 2.59. The van der Waals surface area contributed by atoms with Gasteiger partial charge >= 0.3 is 0 Å². The van der Waals surface area contributed by atoms with Crippen molar-refractivity contribution in [1.82, 2.24) is 9.55 Å². The van der Waals surface area contributed by atoms with Crippen molar-refractivity contribution in [1.29, 1.82) is 0 Å². The van der Waals surface area contributed by atoms with Crippen molar-refractivity contribution in [2.24, 2.45) is 0 Å². The van der Waals surface area contributed by atoms with Crippen molar-refractivity contribution in [3.05, 3.63) is 30.1 Å². The lowest BCUT2D eigenvalue weighted by molar-refractivity contribution is 0.186. The molecular weight excluding hydrogens is 204 g/mol. The molecule has 0 amide bonds. The monoisotopic (exact) mass is 220 g/mol. The van der Waals surface area contributed by atoms with Gasteiger partial charge in [0, 0.05) is 20.1 Å². The quantitative estimate of drug-likeness (QED) is 0.824. The Morgan fingerprint density at radius 1 is 1.38 bits per heavy atom. The van der Waals surface area contributed by atoms with E-state index in [9.17, 15) is 0 Å². The lowest BCUT2D eigenvalue weighted by Gasteiger charge is -2.07. The number of aromatic nitrogens is 2. The van der Waals surface area contributed by atoms with Crippen LogP contribution in [-0.4, -0.2) is 35.0 Å². The maximum absolute atomic E-state index is 9.01. The molecule has 0 fully saturated rings. The number of nitrogens with zero attached hydrogens (tertiary/aromatic N) is 2. The number of aliphatic hydroxyl groups excluding tert-OH is 1. The Labute approximate surface area is 94.5 Å². The first kappa shape index (κ1) is 11.1. The van der Waals surface area contributed by atoms with Crippen LogP contribution in [0.3, 0.4) is 0 Å². The smallest absolute Gasteiger partial charge is 0.112 e. The molecule has 0 bridgehead atoms. The van der Waals surface area contributed by atoms with Crippen molar-refractivity contribution in [2.45, 2.75) is 13.0 Å². The summed E-state index contributed by atoms with van der Waals surface area (Å²) in [5.41, 5.74) is 2.07. The van der Waals surface area contributed by atoms with E-state index >= 15 is 0 Å². The molecule has 1 N–H and O–H groups in total. The van der Waals surface area contributed by atoms with E-state index in [1.165, 1.54) is 0 Å². The van der Waals surface area contributed by atoms with Crippen molar-refractivity contribution in [3.8, 4) is 0 Å². The Hall–Kier alpha value is -1.39. The molecule has 0 aliphatic carbocycles. The third kappa shape index (κ3) is 2.08. The average molecular weight is 220 g/mol. The number of imidazole rings is 1. The normalized spacial score (nSPS) is 11.1. The molecule has 0 aliphatic rings. The van der Waals surface area contributed by atoms with Gasteiger partial charge in [-0.25, -0.2) is 4.98 Å². The summed E-state index contributed by atoms with van der Waals surface area (Å²) in [5.74, 6) is 0.917. The van der Waals surface area contributed by atoms with Crippen LogP contribution in [0.4, 0.5) is 0 Å². The Kier molecular flexibility index (Phi) is 3.54. The first-order chi connectivity index (χ1) is 7.86. The number of fused-ring (bicyclic) bond motifs is 1. The zero-order chi connectivity index (χ0) is 11.4. The number of methoxy groups -OCH3 is 1. The summed E-state index contributed by atoms with van der Waals surface area (Å²) in [6, 6.07) is 7.99. The van der Waals surface area contributed by atoms with Crippen LogP contribution in [0.5, 0.6) is 0 Å². The summed E-state index contributed by atoms with van der Waals surface area (Å²) in [7, 11) is 1.69. The van der Waals surface area contributed by atoms with E-state index in [1.54, 1.807) is 7.11 Å². The molecule has 16 heavy (non-hydrogen) atoms. The third-order valence-corrected chi connectivity index (χ3v) is 2.59. The van der Waals surface area contributed by atoms with Gasteiger partial charge in [0.25, 0.3) is 0 Å². The zero-order valence-corrected chi connectivity index (χ0v) is 9.39. The van der Waals surface area contributed by atoms with E-state index in [1.807, 2.05) is 24.3 Å². The summed E-state index contributed by atoms with van der Waals surface area (Å²) in [6.45, 7) is 1.54. The van der Waals surface area contributed by atoms with E-state index in [0.29, 0.717) is 13.0 Å². The molecule has 4 heteroatoms. The second-order valence-corrected chi connectivity index (χ2v) is 3.63. The largest absolute Gasteiger partial charge is 0.396 e. The highest BCUT2D eigenvalue weighted by Gasteiger charge is 2.08. The highest BCUT2D eigenvalue weighted by molar-refractivity contribution is 5.75. The van der Waals surface area contributed by atoms with Crippen LogP contribution in [0.15, 0.2) is 24.3 Å². The second kappa shape index (κ2) is 5.09. The summed E-state index contributed by atoms with van der Waals surface area (Å²) in [4.78, 5) is 4.50. The van der Waals surface area contributed by atoms with Crippen LogP contribution in [0, 0.1) is 0 Å². The Bertz CT molecular complexity index is 465. The van der Waals surface area contributed by atoms with Crippen LogP contribution in [0.25, 0.3) is 11.0 Å². The Morgan fingerprint density at radius 3 is 2.94 bits per heavy atom. The molecule has 0 unspecified atom stereocenters. The molecule has 0 saturated carbocycles. The van der Waals surface area contributed by atoms with Crippen LogP contribution >= 0.6 is 0 Å². The number of hydrogen-bond donors (Lipinski definition) is 1. The molecule has 0 atom stereocenters. The minimum Gasteiger partial charge on any atom is -0.396 e. The van der Waals surface area contributed by atoms with Gasteiger partial charge in [0.15, 0.2) is 0 Å². The SMILES string of the molecule is COCCn1c(CCO)nc2ccccc21. The first-order valence-electron chi connectivity index (χ1n) is 5.40. The molecular formula is C12H16N2O2. The molecule has 4 nitrogen and oxygen atoms in total. The van der Waals surface area contributed by atoms with Gasteiger partial charge in [0.05, 0.1) is 24.2 Å². The van der Waals surface area contributed by atoms with Gasteiger partial charge in [-0.05, 0) is 12.1 Å². The first-order valence-corrected chi connectivity index (χ1v) is 5.40. The van der Waals surface area contributed by atoms with E-state index in [2.05, 4.69) is 9.55 Å². The molecule has 0 aliphatic heterocycles. The van der Waals surface area contributed by atoms with Gasteiger partial charge in [0.2, 0.25) is 0 Å². The number of ether oxygens (including phenoxy) is 1. The Morgan fingerprint density at radius 2 is 2.19 bits per heavy atom. The predicted molar refractivity (Wildman–Crippen MR) is 62.4 cm³/mol. The second-order valence-electron chi connectivity index (χ2n) is 3.63. The van der Waals surface area contributed by atoms with Crippen molar-refractivity contribution < 1.29 is 9.84 Å². The van der Waals surface area contributed by atoms with Crippen LogP contribution in [0.2, 0.25) is 0 Å². The molecule has 86 valence electrons. The number of hydrogen-bond acceptors (Lipinski definition) is 3. The minimum atomic E-state index is 0.121. The number of para-hydroxylation sites is 2. The lowest BCUT2D eigenvalue weighted by Crippen LogP contribution is -2.09. The summed E-state index contributed by atoms with van der Waals surface area (Å²) < 4.78 is 7.19. The highest BCUT2D eigenvalue weighted by atomic mass is 16.5. The standard InChI is InChI=1S/C12H16N2O2/c1-16-9-7-14-11-5-3-2-4-10(11)13-12(14)6-8-15/h2-5,15H,6-9H2,1H3. The maximum Gasteiger partial charge on any atom is 0.112 e. The topological polar surface area (TPSA) is 47.3 Å². The van der Waals surface area contributed by atoms with Crippen molar-refractivity contribution >= 4 is 11.0 Å². The summed E-state index contributed by atoms with van der Waals surface area (Å²) in [6.07, 6.45) is 0.582. The molecule has 0 saturated heterocycles. The predicted octanol–water partition coefficient (Wildman–Crippen LogP) is 1.22. The number of rotatable bonds is 5. The fourth-order valence-corrected chi connectivity index (χ4v) is 1.85. The van der Waals surface area contributed by atoms with Gasteiger partial charge in [-0.1, -0.05) is 12.1 Å². The molecule has 2 aromatic rings. The number of benzene rings is 1. The molecule has 0 radical (unpaired) electrons. The highest BCUT2D eigenvalue weighted by Crippen LogP contribution is 2.16. The minimum absolute atomic E-state index is 0.121. The van der Waals surface area contributed by atoms with Gasteiger partial charge in [-0.15, -0.1) is 0 Å². The van der Waals surface area contributed by atoms with Gasteiger partial charge < -0.3 is 14.4 Å². The van der Waals surface area contributed by atoms with Crippen molar-refractivity contribution in [3.63, 3.8) is 0 Å². The number of aliphatic hydroxyl groups is 1. The fourth-order valence-electron chi connectivity index (χ4n) is 1.85. The van der Waals surface area contributed by atoms with Crippen LogP contribution < -0.4 is 0 Å². The van der Waals surface area contributed by atoms with Gasteiger partial charge in [0.1, 0.15) is 5.82 Å². The van der Waals surface area contributed by atoms with Gasteiger partial charge in [-0.3, -0.25) is 0 Å². The molecule has 0 spiro atoms. The van der Waals surface area contributed by atoms with Crippen LogP contribution in [-0.2, 0) is 17.7 Å². The van der Waals surface area contributed by atoms with E-state index in [4.69, 9.17) is 9.84 Å². The van der Waals surface area contributed by atoms with Crippen LogP contribution in [0.1, 0.15) is 5.82 Å². The molecule has 1 heterocycles. The van der Waals surface area contributed by atoms with E-state index in [-0.39, 0.29) is 6.61 Å². The molecule has 2 rings (SSSR count). The van der Waals surface area contributed by atoms with Crippen molar-refractivity contribution in [2.75, 3.05) is 20.3 Å². The lowest BCUT2D eigenvalue weighted by atomic mass is 10.3. The fraction of sp³-hybridized carbons (Fsp3) is 0.417. The Balaban J connectivity index is 2.42. The molecule has 1 aromatic carbocycles. The zero-order valence-electron chi connectivity index (χ0n) is 9.39. The summed E-state index contributed by atoms with van der Waals surface area (Å²) >= 11 is 0. The van der Waals surface area contributed by atoms with E-state index < -0.39 is 0 Å². The molecule has 1 aromatic heterocycles. The summed E-state index contributed by atoms with van der Waals surface area (Å²) in [5, 5.41) is 9.01. The van der Waals surface area contributed by atoms with E-state index in [0.717, 1.165) is 23.4 Å². The van der Waals surface area contributed by atoms with Gasteiger partial charge in [-0.2, -0.15) is 0 Å².